The van der Waals surface area contributed by atoms with Crippen LogP contribution in [0.3, 0.4) is 0 Å². The Kier molecular flexibility index (Phi) is 20.9. The summed E-state index contributed by atoms with van der Waals surface area (Å²) in [7, 11) is -2.47. The van der Waals surface area contributed by atoms with Crippen LogP contribution in [0, 0.1) is 29.6 Å². The summed E-state index contributed by atoms with van der Waals surface area (Å²) < 4.78 is 80.2. The molecule has 2 amide bonds. The number of ether oxygens (including phenoxy) is 11. The summed E-state index contributed by atoms with van der Waals surface area (Å²) in [6.45, 7) is 28.0. The molecule has 1 unspecified atom stereocenters. The molecule has 20 atom stereocenters. The van der Waals surface area contributed by atoms with Crippen LogP contribution < -0.4 is 10.6 Å². The van der Waals surface area contributed by atoms with Crippen molar-refractivity contribution in [2.45, 2.75) is 199 Å². The SMILES string of the molecule is C=CCO[C@H]1[C@H](O[C@@H]2[C@@H](O)[C@H](C)C[C@H](NC(=O)OCc3ccccc3)[C@H]2O[C@H]2O[C@@H]3COC(c4ccccc4)O[C@H]3[C@H](O[Si](C)(C)C(C)(C)C)[C@H]2C)O[C@H](CC)[C@H]1O[C@H]1O[C@@H](CNC(=O)OCc2ccccc2)[C@@H](C)[C@H](C)[C@H]1C. The lowest BCUT2D eigenvalue weighted by atomic mass is 9.79. The molecule has 5 aliphatic rings. The number of hydrogen-bond acceptors (Lipinski definition) is 15. The molecule has 0 radical (unpaired) electrons. The molecule has 0 aromatic heterocycles. The van der Waals surface area contributed by atoms with Gasteiger partial charge in [0.25, 0.3) is 0 Å². The molecule has 4 aliphatic heterocycles. The van der Waals surface area contributed by atoms with Crippen molar-refractivity contribution in [1.82, 2.24) is 10.6 Å². The van der Waals surface area contributed by atoms with Crippen LogP contribution in [-0.2, 0) is 69.7 Å². The van der Waals surface area contributed by atoms with Gasteiger partial charge in [-0.3, -0.25) is 0 Å². The first-order valence-corrected chi connectivity index (χ1v) is 31.4. The Hall–Kier alpha value is -4.28. The molecule has 0 spiro atoms. The molecule has 17 nitrogen and oxygen atoms in total. The van der Waals surface area contributed by atoms with Gasteiger partial charge in [-0.15, -0.1) is 6.58 Å². The molecule has 3 aromatic carbocycles. The van der Waals surface area contributed by atoms with Crippen LogP contribution in [0.15, 0.2) is 104 Å². The van der Waals surface area contributed by atoms with Crippen LogP contribution in [0.2, 0.25) is 18.1 Å². The Labute approximate surface area is 469 Å². The molecule has 4 heterocycles. The summed E-state index contributed by atoms with van der Waals surface area (Å²) in [5.41, 5.74) is 2.60. The third-order valence-electron chi connectivity index (χ3n) is 17.3. The Morgan fingerprint density at radius 1 is 0.696 bits per heavy atom. The van der Waals surface area contributed by atoms with E-state index < -0.39 is 125 Å². The predicted octanol–water partition coefficient (Wildman–Crippen LogP) is 9.97. The number of fused-ring (bicyclic) bond motifs is 1. The van der Waals surface area contributed by atoms with Crippen LogP contribution in [-0.4, -0.2) is 131 Å². The number of benzene rings is 3. The van der Waals surface area contributed by atoms with Crippen molar-refractivity contribution in [2.24, 2.45) is 29.6 Å². The highest BCUT2D eigenvalue weighted by atomic mass is 28.4. The second-order valence-corrected chi connectivity index (χ2v) is 28.6. The Balaban J connectivity index is 1.05. The van der Waals surface area contributed by atoms with E-state index in [1.807, 2.05) is 112 Å². The maximum atomic E-state index is 13.9. The van der Waals surface area contributed by atoms with Crippen molar-refractivity contribution in [2.75, 3.05) is 19.8 Å². The lowest BCUT2D eigenvalue weighted by Gasteiger charge is -2.53. The van der Waals surface area contributed by atoms with E-state index in [-0.39, 0.29) is 55.8 Å². The van der Waals surface area contributed by atoms with Crippen molar-refractivity contribution in [3.63, 3.8) is 0 Å². The normalized spacial score (nSPS) is 35.9. The van der Waals surface area contributed by atoms with Gasteiger partial charge < -0.3 is 72.3 Å². The van der Waals surface area contributed by atoms with Crippen molar-refractivity contribution in [1.29, 1.82) is 0 Å². The molecule has 0 bridgehead atoms. The molecule has 1 saturated carbocycles. The minimum atomic E-state index is -2.47. The zero-order valence-electron chi connectivity index (χ0n) is 48.1. The molecule has 79 heavy (non-hydrogen) atoms. The fourth-order valence-electron chi connectivity index (χ4n) is 11.1. The van der Waals surface area contributed by atoms with Crippen LogP contribution >= 0.6 is 0 Å². The zero-order chi connectivity index (χ0) is 56.6. The number of alkyl carbamates (subject to hydrolysis) is 2. The summed E-state index contributed by atoms with van der Waals surface area (Å²) in [5.74, 6) is -0.683. The number of rotatable bonds is 20. The number of carbonyl (C=O) groups excluding carboxylic acids is 2. The quantitative estimate of drug-likeness (QED) is 0.0716. The smallest absolute Gasteiger partial charge is 0.407 e. The number of amides is 2. The van der Waals surface area contributed by atoms with Gasteiger partial charge >= 0.3 is 12.2 Å². The second-order valence-electron chi connectivity index (χ2n) is 23.8. The average molecular weight is 1120 g/mol. The molecule has 3 aromatic rings. The van der Waals surface area contributed by atoms with Crippen molar-refractivity contribution in [3.05, 3.63) is 120 Å². The van der Waals surface area contributed by atoms with Crippen LogP contribution in [0.25, 0.3) is 0 Å². The predicted molar refractivity (Wildman–Crippen MR) is 298 cm³/mol. The largest absolute Gasteiger partial charge is 0.445 e. The highest BCUT2D eigenvalue weighted by Crippen LogP contribution is 2.46. The third-order valence-corrected chi connectivity index (χ3v) is 21.8. The molecule has 18 heteroatoms. The molecule has 3 N–H and O–H groups in total. The molecule has 436 valence electrons. The number of nitrogens with one attached hydrogen (secondary N) is 2. The van der Waals surface area contributed by atoms with Gasteiger partial charge in [-0.05, 0) is 59.9 Å². The van der Waals surface area contributed by atoms with Gasteiger partial charge in [-0.1, -0.05) is 159 Å². The summed E-state index contributed by atoms with van der Waals surface area (Å²) in [4.78, 5) is 26.8. The lowest BCUT2D eigenvalue weighted by Crippen LogP contribution is -2.66. The molecular formula is C61H88N2O15Si. The topological polar surface area (TPSA) is 189 Å². The van der Waals surface area contributed by atoms with E-state index in [0.29, 0.717) is 12.8 Å². The Bertz CT molecular complexity index is 2380. The summed E-state index contributed by atoms with van der Waals surface area (Å²) in [6, 6.07) is 28.1. The molecular weight excluding hydrogens is 1030 g/mol. The van der Waals surface area contributed by atoms with Crippen LogP contribution in [0.4, 0.5) is 9.59 Å². The van der Waals surface area contributed by atoms with Crippen molar-refractivity contribution >= 4 is 20.5 Å². The lowest BCUT2D eigenvalue weighted by molar-refractivity contribution is -0.365. The van der Waals surface area contributed by atoms with Gasteiger partial charge in [0.1, 0.15) is 49.8 Å². The van der Waals surface area contributed by atoms with Crippen LogP contribution in [0.1, 0.15) is 98.1 Å². The average Bonchev–Trinajstić information content (AvgIpc) is 3.84. The van der Waals surface area contributed by atoms with Gasteiger partial charge in [0.15, 0.2) is 33.5 Å². The van der Waals surface area contributed by atoms with Gasteiger partial charge in [0.2, 0.25) is 0 Å². The number of aliphatic hydroxyl groups excluding tert-OH is 1. The van der Waals surface area contributed by atoms with Gasteiger partial charge in [-0.2, -0.15) is 0 Å². The summed E-state index contributed by atoms with van der Waals surface area (Å²) in [5, 5.41) is 18.3. The van der Waals surface area contributed by atoms with Gasteiger partial charge in [0.05, 0.1) is 43.7 Å². The third kappa shape index (κ3) is 14.9. The highest BCUT2D eigenvalue weighted by molar-refractivity contribution is 6.74. The number of hydrogen-bond donors (Lipinski definition) is 3. The van der Waals surface area contributed by atoms with E-state index in [4.69, 9.17) is 56.5 Å². The first kappa shape index (κ1) is 60.8. The fraction of sp³-hybridized carbons (Fsp3) is 0.639. The summed E-state index contributed by atoms with van der Waals surface area (Å²) >= 11 is 0. The minimum absolute atomic E-state index is 0.0446. The maximum Gasteiger partial charge on any atom is 0.407 e. The Morgan fingerprint density at radius 3 is 1.90 bits per heavy atom. The van der Waals surface area contributed by atoms with E-state index in [0.717, 1.165) is 16.7 Å². The zero-order valence-corrected chi connectivity index (χ0v) is 49.1. The standard InChI is InChI=1S/C61H88N2O15Si/c1-13-30-67-54-51(75-55-39(6)37(4)38(5)46(72-55)32-62-59(65)69-33-41-24-18-15-19-25-41)45(14-2)71-58(54)77-53-48(64)36(3)31-44(63-60(66)70-34-42-26-20-16-21-27-42)50(53)74-56-40(7)49(78-79(11,12)61(8,9)10)52-47(73-56)35-68-57(76-52)43-28-22-17-23-29-43/h13,15-29,36-40,44-58,64H,1,14,30-35H2,2-12H3,(H,62,65)(H,63,66)/t36-,37+,38+,39-,40-,44+,45-,46+,47-,48+,49-,50-,51-,52-,53-,54-,55-,56-,57?,58+/m1/s1. The first-order valence-electron chi connectivity index (χ1n) is 28.5. The number of carbonyl (C=O) groups is 2. The Morgan fingerprint density at radius 2 is 1.28 bits per heavy atom. The van der Waals surface area contributed by atoms with E-state index in [1.54, 1.807) is 6.08 Å². The molecule has 5 fully saturated rings. The number of aliphatic hydroxyl groups is 1. The van der Waals surface area contributed by atoms with Gasteiger partial charge in [0, 0.05) is 23.9 Å². The minimum Gasteiger partial charge on any atom is -0.445 e. The van der Waals surface area contributed by atoms with E-state index >= 15 is 0 Å². The van der Waals surface area contributed by atoms with Crippen molar-refractivity contribution < 1.29 is 71.2 Å². The molecule has 1 aliphatic carbocycles. The van der Waals surface area contributed by atoms with E-state index in [9.17, 15) is 14.7 Å². The summed E-state index contributed by atoms with van der Waals surface area (Å²) in [6.07, 6.45) is -9.44. The van der Waals surface area contributed by atoms with Crippen LogP contribution in [0.5, 0.6) is 0 Å². The first-order chi connectivity index (χ1) is 37.8. The monoisotopic (exact) mass is 1120 g/mol. The van der Waals surface area contributed by atoms with Crippen molar-refractivity contribution in [3.8, 4) is 0 Å². The maximum absolute atomic E-state index is 13.9. The highest BCUT2D eigenvalue weighted by Gasteiger charge is 2.57. The van der Waals surface area contributed by atoms with E-state index in [2.05, 4.69) is 71.8 Å². The van der Waals surface area contributed by atoms with Gasteiger partial charge in [-0.25, -0.2) is 9.59 Å². The molecule has 4 saturated heterocycles. The molecule has 8 rings (SSSR count). The van der Waals surface area contributed by atoms with E-state index in [1.165, 1.54) is 0 Å². The fourth-order valence-corrected chi connectivity index (χ4v) is 12.5. The second kappa shape index (κ2) is 27.2.